The minimum absolute atomic E-state index is 1.02. The summed E-state index contributed by atoms with van der Waals surface area (Å²) in [5.41, 5.74) is 2.24. The fourth-order valence-corrected chi connectivity index (χ4v) is 4.57. The van der Waals surface area contributed by atoms with Crippen molar-refractivity contribution in [3.05, 3.63) is 52.7 Å². The topological polar surface area (TPSA) is 0 Å². The van der Waals surface area contributed by atoms with Crippen molar-refractivity contribution in [1.29, 1.82) is 0 Å². The molecule has 0 fully saturated rings. The van der Waals surface area contributed by atoms with Crippen LogP contribution in [0.5, 0.6) is 0 Å². The molecule has 0 aliphatic rings. The van der Waals surface area contributed by atoms with E-state index in [-0.39, 0.29) is 0 Å². The lowest BCUT2D eigenvalue weighted by Crippen LogP contribution is -1.85. The molecule has 0 spiro atoms. The van der Waals surface area contributed by atoms with E-state index in [0.29, 0.717) is 0 Å². The molecule has 0 aliphatic heterocycles. The van der Waals surface area contributed by atoms with E-state index in [1.165, 1.54) is 0 Å². The molecule has 0 N–H and O–H groups in total. The van der Waals surface area contributed by atoms with Gasteiger partial charge in [-0.3, -0.25) is 0 Å². The van der Waals surface area contributed by atoms with E-state index in [2.05, 4.69) is 85.7 Å². The molecule has 0 saturated heterocycles. The van der Waals surface area contributed by atoms with Gasteiger partial charge in [0.1, 0.15) is 0 Å². The van der Waals surface area contributed by atoms with E-state index in [0.717, 1.165) is 33.5 Å². The Hall–Kier alpha value is 0.840. The maximum atomic E-state index is 3.61. The van der Waals surface area contributed by atoms with Crippen LogP contribution in [0.15, 0.2) is 52.7 Å². The molecular formula is C12H5Br5. The molecule has 0 nitrogen and oxygen atoms in total. The molecule has 0 heterocycles. The summed E-state index contributed by atoms with van der Waals surface area (Å²) in [5.74, 6) is 0. The quantitative estimate of drug-likeness (QED) is 0.332. The van der Waals surface area contributed by atoms with E-state index in [9.17, 15) is 0 Å². The predicted octanol–water partition coefficient (Wildman–Crippen LogP) is 7.17. The summed E-state index contributed by atoms with van der Waals surface area (Å²) in [6.45, 7) is 0. The van der Waals surface area contributed by atoms with Gasteiger partial charge in [0, 0.05) is 33.5 Å². The molecule has 2 aromatic rings. The van der Waals surface area contributed by atoms with Gasteiger partial charge in [0.25, 0.3) is 0 Å². The first-order valence-corrected chi connectivity index (χ1v) is 8.56. The van der Waals surface area contributed by atoms with E-state index in [1.54, 1.807) is 0 Å². The lowest BCUT2D eigenvalue weighted by molar-refractivity contribution is 1.49. The summed E-state index contributed by atoms with van der Waals surface area (Å²) in [4.78, 5) is 0. The molecule has 2 rings (SSSR count). The maximum Gasteiger partial charge on any atom is 0.0397 e. The van der Waals surface area contributed by atoms with Crippen LogP contribution in [-0.2, 0) is 0 Å². The Kier molecular flexibility index (Phi) is 4.92. The van der Waals surface area contributed by atoms with Crippen molar-refractivity contribution in [1.82, 2.24) is 0 Å². The van der Waals surface area contributed by atoms with Crippen LogP contribution in [0.3, 0.4) is 0 Å². The minimum Gasteiger partial charge on any atom is -0.0600 e. The SMILES string of the molecule is Brc1cc(Br)c(Br)c(-c2c(Br)cccc2Br)c1. The van der Waals surface area contributed by atoms with Gasteiger partial charge in [-0.25, -0.2) is 0 Å². The highest BCUT2D eigenvalue weighted by Crippen LogP contribution is 2.42. The molecule has 2 aromatic carbocycles. The normalized spacial score (nSPS) is 10.6. The Bertz CT molecular complexity index is 557. The highest BCUT2D eigenvalue weighted by atomic mass is 79.9. The van der Waals surface area contributed by atoms with Crippen molar-refractivity contribution in [2.24, 2.45) is 0 Å². The van der Waals surface area contributed by atoms with Crippen molar-refractivity contribution in [3.63, 3.8) is 0 Å². The van der Waals surface area contributed by atoms with Crippen LogP contribution in [0.25, 0.3) is 11.1 Å². The molecule has 0 radical (unpaired) electrons. The summed E-state index contributed by atoms with van der Waals surface area (Å²) in [6.07, 6.45) is 0. The van der Waals surface area contributed by atoms with Crippen LogP contribution in [0.2, 0.25) is 0 Å². The summed E-state index contributed by atoms with van der Waals surface area (Å²) in [5, 5.41) is 0. The standard InChI is InChI=1S/C12H5Br5/c13-6-4-7(12(17)10(16)5-6)11-8(14)2-1-3-9(11)15/h1-5H. The number of hydrogen-bond acceptors (Lipinski definition) is 0. The fraction of sp³-hybridized carbons (Fsp3) is 0. The zero-order valence-corrected chi connectivity index (χ0v) is 16.2. The van der Waals surface area contributed by atoms with Gasteiger partial charge in [-0.05, 0) is 56.1 Å². The Morgan fingerprint density at radius 2 is 1.29 bits per heavy atom. The molecule has 5 heteroatoms. The van der Waals surface area contributed by atoms with Crippen molar-refractivity contribution in [3.8, 4) is 11.1 Å². The second-order valence-corrected chi connectivity index (χ2v) is 7.62. The molecular weight excluding hydrogens is 544 g/mol. The van der Waals surface area contributed by atoms with Crippen molar-refractivity contribution in [2.75, 3.05) is 0 Å². The molecule has 0 saturated carbocycles. The third-order valence-electron chi connectivity index (χ3n) is 2.23. The van der Waals surface area contributed by atoms with Crippen molar-refractivity contribution < 1.29 is 0 Å². The maximum absolute atomic E-state index is 3.61. The third kappa shape index (κ3) is 3.06. The minimum atomic E-state index is 1.02. The van der Waals surface area contributed by atoms with Crippen LogP contribution in [-0.4, -0.2) is 0 Å². The lowest BCUT2D eigenvalue weighted by atomic mass is 10.1. The smallest absolute Gasteiger partial charge is 0.0397 e. The highest BCUT2D eigenvalue weighted by molar-refractivity contribution is 9.13. The first-order chi connectivity index (χ1) is 8.00. The van der Waals surface area contributed by atoms with Gasteiger partial charge >= 0.3 is 0 Å². The Morgan fingerprint density at radius 1 is 0.706 bits per heavy atom. The van der Waals surface area contributed by atoms with Crippen LogP contribution < -0.4 is 0 Å². The summed E-state index contributed by atoms with van der Waals surface area (Å²) in [7, 11) is 0. The molecule has 0 aromatic heterocycles. The number of halogens is 5. The third-order valence-corrected chi connectivity index (χ3v) is 6.02. The monoisotopic (exact) mass is 544 g/mol. The predicted molar refractivity (Wildman–Crippen MR) is 90.4 cm³/mol. The van der Waals surface area contributed by atoms with Crippen molar-refractivity contribution >= 4 is 79.6 Å². The van der Waals surface area contributed by atoms with E-state index >= 15 is 0 Å². The van der Waals surface area contributed by atoms with Crippen LogP contribution in [0.4, 0.5) is 0 Å². The van der Waals surface area contributed by atoms with E-state index < -0.39 is 0 Å². The summed E-state index contributed by atoms with van der Waals surface area (Å²) < 4.78 is 5.19. The van der Waals surface area contributed by atoms with Gasteiger partial charge < -0.3 is 0 Å². The number of benzene rings is 2. The van der Waals surface area contributed by atoms with Gasteiger partial charge in [0.15, 0.2) is 0 Å². The molecule has 17 heavy (non-hydrogen) atoms. The van der Waals surface area contributed by atoms with Gasteiger partial charge in [0.05, 0.1) is 0 Å². The fourth-order valence-electron chi connectivity index (χ4n) is 1.49. The molecule has 0 unspecified atom stereocenters. The van der Waals surface area contributed by atoms with Crippen molar-refractivity contribution in [2.45, 2.75) is 0 Å². The molecule has 0 aliphatic carbocycles. The summed E-state index contributed by atoms with van der Waals surface area (Å²) in [6, 6.07) is 10.2. The van der Waals surface area contributed by atoms with Gasteiger partial charge in [-0.15, -0.1) is 0 Å². The average Bonchev–Trinajstić information content (AvgIpc) is 2.24. The van der Waals surface area contributed by atoms with Gasteiger partial charge in [0.2, 0.25) is 0 Å². The Morgan fingerprint density at radius 3 is 1.88 bits per heavy atom. The molecule has 0 bridgehead atoms. The molecule has 88 valence electrons. The average molecular weight is 549 g/mol. The van der Waals surface area contributed by atoms with Crippen LogP contribution >= 0.6 is 79.6 Å². The van der Waals surface area contributed by atoms with Crippen LogP contribution in [0.1, 0.15) is 0 Å². The zero-order chi connectivity index (χ0) is 12.6. The molecule has 0 amide bonds. The first-order valence-electron chi connectivity index (χ1n) is 4.59. The number of rotatable bonds is 1. The van der Waals surface area contributed by atoms with Gasteiger partial charge in [-0.2, -0.15) is 0 Å². The van der Waals surface area contributed by atoms with E-state index in [4.69, 9.17) is 0 Å². The molecule has 0 atom stereocenters. The largest absolute Gasteiger partial charge is 0.0600 e. The van der Waals surface area contributed by atoms with Gasteiger partial charge in [-0.1, -0.05) is 53.9 Å². The highest BCUT2D eigenvalue weighted by Gasteiger charge is 2.13. The Labute approximate surface area is 142 Å². The second kappa shape index (κ2) is 5.87. The second-order valence-electron chi connectivity index (χ2n) is 3.35. The Balaban J connectivity index is 2.77. The summed E-state index contributed by atoms with van der Waals surface area (Å²) >= 11 is 17.8. The number of hydrogen-bond donors (Lipinski definition) is 0. The van der Waals surface area contributed by atoms with Crippen LogP contribution in [0, 0.1) is 0 Å². The van der Waals surface area contributed by atoms with E-state index in [1.807, 2.05) is 24.3 Å². The first kappa shape index (κ1) is 14.3. The zero-order valence-electron chi connectivity index (χ0n) is 8.28. The lowest BCUT2D eigenvalue weighted by Gasteiger charge is -2.11.